The van der Waals surface area contributed by atoms with Crippen LogP contribution < -0.4 is 5.32 Å². The second kappa shape index (κ2) is 6.17. The fourth-order valence-electron chi connectivity index (χ4n) is 2.24. The molecule has 0 fully saturated rings. The first kappa shape index (κ1) is 16.0. The van der Waals surface area contributed by atoms with Crippen molar-refractivity contribution in [2.75, 3.05) is 18.9 Å². The minimum Gasteiger partial charge on any atom is -0.327 e. The molecule has 22 heavy (non-hydrogen) atoms. The second-order valence-electron chi connectivity index (χ2n) is 6.71. The molecule has 1 aromatic heterocycles. The van der Waals surface area contributed by atoms with Crippen molar-refractivity contribution in [2.24, 2.45) is 12.5 Å². The van der Waals surface area contributed by atoms with E-state index in [2.05, 4.69) is 36.4 Å². The lowest BCUT2D eigenvalue weighted by Crippen LogP contribution is -2.37. The lowest BCUT2D eigenvalue weighted by molar-refractivity contribution is 0.201. The molecule has 0 bridgehead atoms. The molecule has 0 aliphatic heterocycles. The van der Waals surface area contributed by atoms with Gasteiger partial charge in [0, 0.05) is 31.9 Å². The number of nitrogens with zero attached hydrogens (tertiary/aromatic N) is 4. The van der Waals surface area contributed by atoms with E-state index in [1.807, 2.05) is 37.5 Å². The van der Waals surface area contributed by atoms with E-state index >= 15 is 0 Å². The number of anilines is 1. The van der Waals surface area contributed by atoms with Crippen LogP contribution in [-0.2, 0) is 7.05 Å². The third kappa shape index (κ3) is 4.31. The van der Waals surface area contributed by atoms with Crippen molar-refractivity contribution in [3.63, 3.8) is 0 Å². The molecule has 0 atom stereocenters. The highest BCUT2D eigenvalue weighted by Gasteiger charge is 2.17. The molecular formula is C16H23N5O. The van der Waals surface area contributed by atoms with Gasteiger partial charge in [0.15, 0.2) is 0 Å². The lowest BCUT2D eigenvalue weighted by Gasteiger charge is -2.26. The third-order valence-corrected chi connectivity index (χ3v) is 3.07. The fourth-order valence-corrected chi connectivity index (χ4v) is 2.24. The Morgan fingerprint density at radius 1 is 1.36 bits per heavy atom. The number of benzene rings is 1. The second-order valence-corrected chi connectivity index (χ2v) is 6.71. The normalized spacial score (nSPS) is 11.3. The summed E-state index contributed by atoms with van der Waals surface area (Å²) in [6.45, 7) is 6.99. The number of hydrogen-bond acceptors (Lipinski definition) is 3. The van der Waals surface area contributed by atoms with Gasteiger partial charge in [-0.2, -0.15) is 0 Å². The quantitative estimate of drug-likeness (QED) is 0.948. The zero-order valence-electron chi connectivity index (χ0n) is 13.8. The van der Waals surface area contributed by atoms with E-state index in [4.69, 9.17) is 0 Å². The molecule has 6 heteroatoms. The highest BCUT2D eigenvalue weighted by molar-refractivity contribution is 5.89. The van der Waals surface area contributed by atoms with E-state index in [9.17, 15) is 4.79 Å². The van der Waals surface area contributed by atoms with Crippen LogP contribution in [0.1, 0.15) is 20.8 Å². The maximum absolute atomic E-state index is 12.2. The fraction of sp³-hybridized carbons (Fsp3) is 0.438. The predicted octanol–water partition coefficient (Wildman–Crippen LogP) is 2.99. The van der Waals surface area contributed by atoms with Gasteiger partial charge in [-0.05, 0) is 17.5 Å². The summed E-state index contributed by atoms with van der Waals surface area (Å²) in [6.07, 6.45) is 1.84. The highest BCUT2D eigenvalue weighted by Crippen LogP contribution is 2.21. The standard InChI is InChI=1S/C16H23N5O/c1-16(2,3)11-20(4)15(22)17-13-8-6-7-12(9-13)14-10-21(5)19-18-14/h6-10H,11H2,1-5H3,(H,17,22). The van der Waals surface area contributed by atoms with Crippen molar-refractivity contribution >= 4 is 11.7 Å². The average Bonchev–Trinajstić information content (AvgIpc) is 2.84. The minimum atomic E-state index is -0.119. The Morgan fingerprint density at radius 2 is 2.09 bits per heavy atom. The van der Waals surface area contributed by atoms with Gasteiger partial charge in [-0.25, -0.2) is 4.79 Å². The SMILES string of the molecule is CN(CC(C)(C)C)C(=O)Nc1cccc(-c2cn(C)nn2)c1. The smallest absolute Gasteiger partial charge is 0.321 e. The largest absolute Gasteiger partial charge is 0.327 e. The van der Waals surface area contributed by atoms with E-state index in [0.717, 1.165) is 16.9 Å². The molecule has 1 aromatic carbocycles. The summed E-state index contributed by atoms with van der Waals surface area (Å²) in [5.74, 6) is 0. The van der Waals surface area contributed by atoms with Crippen molar-refractivity contribution in [3.05, 3.63) is 30.5 Å². The maximum atomic E-state index is 12.2. The van der Waals surface area contributed by atoms with Crippen LogP contribution in [-0.4, -0.2) is 39.5 Å². The summed E-state index contributed by atoms with van der Waals surface area (Å²) in [5.41, 5.74) is 2.51. The molecule has 2 aromatic rings. The molecular weight excluding hydrogens is 278 g/mol. The molecule has 1 heterocycles. The van der Waals surface area contributed by atoms with E-state index in [0.29, 0.717) is 6.54 Å². The number of carbonyl (C=O) groups is 1. The van der Waals surface area contributed by atoms with Crippen LogP contribution in [0, 0.1) is 5.41 Å². The Hall–Kier alpha value is -2.37. The van der Waals surface area contributed by atoms with Gasteiger partial charge < -0.3 is 10.2 Å². The van der Waals surface area contributed by atoms with Crippen molar-refractivity contribution in [1.29, 1.82) is 0 Å². The molecule has 0 saturated carbocycles. The van der Waals surface area contributed by atoms with Crippen LogP contribution >= 0.6 is 0 Å². The van der Waals surface area contributed by atoms with Crippen LogP contribution in [0.2, 0.25) is 0 Å². The van der Waals surface area contributed by atoms with E-state index in [1.54, 1.807) is 16.6 Å². The summed E-state index contributed by atoms with van der Waals surface area (Å²) in [6, 6.07) is 7.48. The van der Waals surface area contributed by atoms with Gasteiger partial charge >= 0.3 is 6.03 Å². The highest BCUT2D eigenvalue weighted by atomic mass is 16.2. The summed E-state index contributed by atoms with van der Waals surface area (Å²) < 4.78 is 1.65. The molecule has 6 nitrogen and oxygen atoms in total. The number of aryl methyl sites for hydroxylation is 1. The number of carbonyl (C=O) groups excluding carboxylic acids is 1. The van der Waals surface area contributed by atoms with Crippen molar-refractivity contribution in [3.8, 4) is 11.3 Å². The van der Waals surface area contributed by atoms with Crippen LogP contribution in [0.25, 0.3) is 11.3 Å². The zero-order valence-corrected chi connectivity index (χ0v) is 13.8. The topological polar surface area (TPSA) is 63.1 Å². The molecule has 118 valence electrons. The number of nitrogens with one attached hydrogen (secondary N) is 1. The van der Waals surface area contributed by atoms with Gasteiger partial charge in [-0.15, -0.1) is 5.10 Å². The molecule has 0 spiro atoms. The summed E-state index contributed by atoms with van der Waals surface area (Å²) in [5, 5.41) is 10.9. The van der Waals surface area contributed by atoms with Crippen LogP contribution in [0.4, 0.5) is 10.5 Å². The number of rotatable bonds is 3. The Kier molecular flexibility index (Phi) is 4.49. The first-order chi connectivity index (χ1) is 10.2. The lowest BCUT2D eigenvalue weighted by atomic mass is 9.96. The maximum Gasteiger partial charge on any atom is 0.321 e. The van der Waals surface area contributed by atoms with Gasteiger partial charge in [0.1, 0.15) is 5.69 Å². The molecule has 0 radical (unpaired) electrons. The van der Waals surface area contributed by atoms with Crippen LogP contribution in [0.5, 0.6) is 0 Å². The Labute approximate surface area is 131 Å². The van der Waals surface area contributed by atoms with Crippen LogP contribution in [0.3, 0.4) is 0 Å². The van der Waals surface area contributed by atoms with Gasteiger partial charge in [-0.3, -0.25) is 4.68 Å². The number of aromatic nitrogens is 3. The van der Waals surface area contributed by atoms with Crippen molar-refractivity contribution < 1.29 is 4.79 Å². The number of hydrogen-bond donors (Lipinski definition) is 1. The first-order valence-electron chi connectivity index (χ1n) is 7.23. The van der Waals surface area contributed by atoms with Crippen LogP contribution in [0.15, 0.2) is 30.5 Å². The van der Waals surface area contributed by atoms with Crippen molar-refractivity contribution in [1.82, 2.24) is 19.9 Å². The third-order valence-electron chi connectivity index (χ3n) is 3.07. The zero-order chi connectivity index (χ0) is 16.3. The predicted molar refractivity (Wildman–Crippen MR) is 87.5 cm³/mol. The Bertz CT molecular complexity index is 657. The molecule has 2 rings (SSSR count). The van der Waals surface area contributed by atoms with Gasteiger partial charge in [0.2, 0.25) is 0 Å². The number of amides is 2. The van der Waals surface area contributed by atoms with E-state index in [-0.39, 0.29) is 11.4 Å². The summed E-state index contributed by atoms with van der Waals surface area (Å²) in [7, 11) is 3.62. The Morgan fingerprint density at radius 3 is 2.68 bits per heavy atom. The molecule has 1 N–H and O–H groups in total. The molecule has 2 amide bonds. The molecule has 0 saturated heterocycles. The van der Waals surface area contributed by atoms with Gasteiger partial charge in [0.05, 0.1) is 6.20 Å². The minimum absolute atomic E-state index is 0.0631. The van der Waals surface area contributed by atoms with Crippen molar-refractivity contribution in [2.45, 2.75) is 20.8 Å². The first-order valence-corrected chi connectivity index (χ1v) is 7.23. The van der Waals surface area contributed by atoms with E-state index in [1.165, 1.54) is 0 Å². The van der Waals surface area contributed by atoms with Gasteiger partial charge in [0.25, 0.3) is 0 Å². The Balaban J connectivity index is 2.09. The molecule has 0 aliphatic rings. The monoisotopic (exact) mass is 301 g/mol. The average molecular weight is 301 g/mol. The van der Waals surface area contributed by atoms with E-state index < -0.39 is 0 Å². The summed E-state index contributed by atoms with van der Waals surface area (Å²) in [4.78, 5) is 13.9. The van der Waals surface area contributed by atoms with Gasteiger partial charge in [-0.1, -0.05) is 38.1 Å². The number of urea groups is 1. The molecule has 0 aliphatic carbocycles. The molecule has 0 unspecified atom stereocenters. The summed E-state index contributed by atoms with van der Waals surface area (Å²) >= 11 is 0.